The van der Waals surface area contributed by atoms with Crippen molar-refractivity contribution in [2.45, 2.75) is 25.8 Å². The number of anilines is 1. The summed E-state index contributed by atoms with van der Waals surface area (Å²) in [6.07, 6.45) is 2.50. The molecule has 5 nitrogen and oxygen atoms in total. The van der Waals surface area contributed by atoms with E-state index in [0.29, 0.717) is 13.1 Å². The molecular formula is C13H20N4O. The Morgan fingerprint density at radius 3 is 2.78 bits per heavy atom. The summed E-state index contributed by atoms with van der Waals surface area (Å²) in [5.74, 6) is 0.719. The number of nitrogens with two attached hydrogens (primary N) is 1. The highest BCUT2D eigenvalue weighted by atomic mass is 16.2. The van der Waals surface area contributed by atoms with Gasteiger partial charge in [0.25, 0.3) is 0 Å². The zero-order valence-corrected chi connectivity index (χ0v) is 11.0. The van der Waals surface area contributed by atoms with Crippen LogP contribution in [0.25, 0.3) is 0 Å². The molecule has 1 aliphatic rings. The van der Waals surface area contributed by atoms with E-state index in [4.69, 9.17) is 5.73 Å². The van der Waals surface area contributed by atoms with Gasteiger partial charge >= 0.3 is 6.03 Å². The lowest BCUT2D eigenvalue weighted by Crippen LogP contribution is -2.39. The predicted octanol–water partition coefficient (Wildman–Crippen LogP) is 1.45. The first-order chi connectivity index (χ1) is 8.47. The van der Waals surface area contributed by atoms with Gasteiger partial charge in [-0.05, 0) is 32.4 Å². The zero-order chi connectivity index (χ0) is 13.2. The van der Waals surface area contributed by atoms with Gasteiger partial charge < -0.3 is 10.6 Å². The van der Waals surface area contributed by atoms with E-state index in [9.17, 15) is 4.79 Å². The molecule has 0 saturated carbocycles. The van der Waals surface area contributed by atoms with Gasteiger partial charge in [0, 0.05) is 31.4 Å². The molecule has 1 saturated heterocycles. The Morgan fingerprint density at radius 2 is 2.17 bits per heavy atom. The van der Waals surface area contributed by atoms with Crippen LogP contribution in [0.1, 0.15) is 20.3 Å². The van der Waals surface area contributed by atoms with E-state index in [0.717, 1.165) is 18.8 Å². The molecule has 0 aromatic carbocycles. The Kier molecular flexibility index (Phi) is 3.52. The second-order valence-electron chi connectivity index (χ2n) is 5.35. The van der Waals surface area contributed by atoms with Crippen molar-refractivity contribution < 1.29 is 4.79 Å². The van der Waals surface area contributed by atoms with Crippen molar-refractivity contribution in [1.82, 2.24) is 9.88 Å². The molecule has 1 aliphatic heterocycles. The van der Waals surface area contributed by atoms with Crippen molar-refractivity contribution in [3.63, 3.8) is 0 Å². The lowest BCUT2D eigenvalue weighted by atomic mass is 10.0. The fraction of sp³-hybridized carbons (Fsp3) is 0.538. The van der Waals surface area contributed by atoms with Gasteiger partial charge in [-0.15, -0.1) is 0 Å². The molecule has 2 N–H and O–H groups in total. The quantitative estimate of drug-likeness (QED) is 0.877. The Balaban J connectivity index is 1.98. The molecule has 5 heteroatoms. The SMILES string of the molecule is CC(C)(N)CCN1CCN(c2ccccn2)C1=O. The molecule has 1 aromatic heterocycles. The Morgan fingerprint density at radius 1 is 1.39 bits per heavy atom. The van der Waals surface area contributed by atoms with Crippen LogP contribution in [0.15, 0.2) is 24.4 Å². The van der Waals surface area contributed by atoms with Crippen molar-refractivity contribution in [3.8, 4) is 0 Å². The predicted molar refractivity (Wildman–Crippen MR) is 71.4 cm³/mol. The monoisotopic (exact) mass is 248 g/mol. The number of nitrogens with zero attached hydrogens (tertiary/aromatic N) is 3. The van der Waals surface area contributed by atoms with Gasteiger partial charge in [-0.1, -0.05) is 6.07 Å². The molecule has 0 bridgehead atoms. The third kappa shape index (κ3) is 2.98. The van der Waals surface area contributed by atoms with Crippen LogP contribution in [0.5, 0.6) is 0 Å². The summed E-state index contributed by atoms with van der Waals surface area (Å²) in [5, 5.41) is 0. The van der Waals surface area contributed by atoms with Crippen molar-refractivity contribution in [1.29, 1.82) is 0 Å². The topological polar surface area (TPSA) is 62.5 Å². The zero-order valence-electron chi connectivity index (χ0n) is 11.0. The fourth-order valence-electron chi connectivity index (χ4n) is 1.94. The van der Waals surface area contributed by atoms with E-state index in [-0.39, 0.29) is 11.6 Å². The first-order valence-electron chi connectivity index (χ1n) is 6.24. The van der Waals surface area contributed by atoms with Crippen molar-refractivity contribution in [2.75, 3.05) is 24.5 Å². The summed E-state index contributed by atoms with van der Waals surface area (Å²) in [7, 11) is 0. The van der Waals surface area contributed by atoms with E-state index in [1.807, 2.05) is 36.9 Å². The minimum atomic E-state index is -0.237. The lowest BCUT2D eigenvalue weighted by Gasteiger charge is -2.23. The van der Waals surface area contributed by atoms with Gasteiger partial charge in [0.05, 0.1) is 0 Å². The van der Waals surface area contributed by atoms with Crippen molar-refractivity contribution >= 4 is 11.8 Å². The second-order valence-corrected chi connectivity index (χ2v) is 5.35. The molecule has 98 valence electrons. The number of aromatic nitrogens is 1. The van der Waals surface area contributed by atoms with Gasteiger partial charge in [0.15, 0.2) is 0 Å². The van der Waals surface area contributed by atoms with Crippen LogP contribution in [0.3, 0.4) is 0 Å². The van der Waals surface area contributed by atoms with Crippen LogP contribution >= 0.6 is 0 Å². The smallest absolute Gasteiger partial charge is 0.325 e. The van der Waals surface area contributed by atoms with E-state index >= 15 is 0 Å². The number of hydrogen-bond acceptors (Lipinski definition) is 3. The van der Waals surface area contributed by atoms with Gasteiger partial charge in [-0.2, -0.15) is 0 Å². The van der Waals surface area contributed by atoms with Crippen LogP contribution in [0.2, 0.25) is 0 Å². The number of amides is 2. The summed E-state index contributed by atoms with van der Waals surface area (Å²) >= 11 is 0. The largest absolute Gasteiger partial charge is 0.325 e. The average Bonchev–Trinajstić information content (AvgIpc) is 2.68. The highest BCUT2D eigenvalue weighted by molar-refractivity contribution is 5.93. The molecular weight excluding hydrogens is 228 g/mol. The third-order valence-electron chi connectivity index (χ3n) is 3.05. The number of carbonyl (C=O) groups is 1. The van der Waals surface area contributed by atoms with Crippen LogP contribution in [-0.4, -0.2) is 41.1 Å². The molecule has 2 amide bonds. The normalized spacial score (nSPS) is 16.5. The lowest BCUT2D eigenvalue weighted by molar-refractivity contribution is 0.216. The van der Waals surface area contributed by atoms with Gasteiger partial charge in [0.2, 0.25) is 0 Å². The van der Waals surface area contributed by atoms with Gasteiger partial charge in [-0.3, -0.25) is 4.90 Å². The highest BCUT2D eigenvalue weighted by Crippen LogP contribution is 2.18. The molecule has 0 spiro atoms. The minimum Gasteiger partial charge on any atom is -0.325 e. The molecule has 0 aliphatic carbocycles. The second kappa shape index (κ2) is 4.94. The molecule has 0 unspecified atom stereocenters. The maximum atomic E-state index is 12.2. The maximum absolute atomic E-state index is 12.2. The molecule has 1 fully saturated rings. The molecule has 2 heterocycles. The number of urea groups is 1. The molecule has 18 heavy (non-hydrogen) atoms. The van der Waals surface area contributed by atoms with E-state index in [1.165, 1.54) is 0 Å². The van der Waals surface area contributed by atoms with Crippen molar-refractivity contribution in [2.24, 2.45) is 5.73 Å². The summed E-state index contributed by atoms with van der Waals surface area (Å²) in [4.78, 5) is 20.0. The standard InChI is InChI=1S/C13H20N4O/c1-13(2,14)6-8-16-9-10-17(12(16)18)11-5-3-4-7-15-11/h3-5,7H,6,8-10,14H2,1-2H3. The number of pyridine rings is 1. The maximum Gasteiger partial charge on any atom is 0.325 e. The van der Waals surface area contributed by atoms with Crippen LogP contribution in [-0.2, 0) is 0 Å². The van der Waals surface area contributed by atoms with Gasteiger partial charge in [0.1, 0.15) is 5.82 Å². The molecule has 2 rings (SSSR count). The summed E-state index contributed by atoms with van der Waals surface area (Å²) < 4.78 is 0. The van der Waals surface area contributed by atoms with E-state index in [1.54, 1.807) is 11.1 Å². The van der Waals surface area contributed by atoms with Crippen LogP contribution in [0.4, 0.5) is 10.6 Å². The third-order valence-corrected chi connectivity index (χ3v) is 3.05. The van der Waals surface area contributed by atoms with Gasteiger partial charge in [-0.25, -0.2) is 9.78 Å². The summed E-state index contributed by atoms with van der Waals surface area (Å²) in [6.45, 7) is 6.09. The van der Waals surface area contributed by atoms with E-state index < -0.39 is 0 Å². The Hall–Kier alpha value is -1.62. The van der Waals surface area contributed by atoms with Crippen LogP contribution < -0.4 is 10.6 Å². The van der Waals surface area contributed by atoms with Crippen LogP contribution in [0, 0.1) is 0 Å². The fourth-order valence-corrected chi connectivity index (χ4v) is 1.94. The molecule has 0 atom stereocenters. The van der Waals surface area contributed by atoms with Crippen molar-refractivity contribution in [3.05, 3.63) is 24.4 Å². The molecule has 0 radical (unpaired) electrons. The first kappa shape index (κ1) is 12.8. The minimum absolute atomic E-state index is 0.0259. The molecule has 1 aromatic rings. The number of rotatable bonds is 4. The Bertz CT molecular complexity index is 413. The average molecular weight is 248 g/mol. The Labute approximate surface area is 108 Å². The highest BCUT2D eigenvalue weighted by Gasteiger charge is 2.30. The first-order valence-corrected chi connectivity index (χ1v) is 6.24. The summed E-state index contributed by atoms with van der Waals surface area (Å²) in [5.41, 5.74) is 5.70. The summed E-state index contributed by atoms with van der Waals surface area (Å²) in [6, 6.07) is 5.62. The number of carbonyl (C=O) groups excluding carboxylic acids is 1. The van der Waals surface area contributed by atoms with E-state index in [2.05, 4.69) is 4.98 Å². The number of hydrogen-bond donors (Lipinski definition) is 1.